The molecule has 6 nitrogen and oxygen atoms in total. The molecule has 1 fully saturated rings. The molecule has 6 heteroatoms. The van der Waals surface area contributed by atoms with Crippen LogP contribution in [0.25, 0.3) is 0 Å². The van der Waals surface area contributed by atoms with Crippen LogP contribution in [0.4, 0.5) is 0 Å². The van der Waals surface area contributed by atoms with Gasteiger partial charge in [0.15, 0.2) is 0 Å². The lowest BCUT2D eigenvalue weighted by atomic mass is 9.86. The number of rotatable bonds is 4. The summed E-state index contributed by atoms with van der Waals surface area (Å²) in [5, 5.41) is 7.06. The fourth-order valence-electron chi connectivity index (χ4n) is 2.60. The minimum atomic E-state index is -0.869. The number of aromatic nitrogens is 2. The number of carbonyl (C=O) groups excluding carboxylic acids is 2. The van der Waals surface area contributed by atoms with Crippen molar-refractivity contribution in [2.45, 2.75) is 65.2 Å². The SMILES string of the molecule is CCn1cc(CN2C(=O)C(C)(C)NC(=O)C2(C)CC)cn1. The third-order valence-electron chi connectivity index (χ3n) is 4.33. The highest BCUT2D eigenvalue weighted by molar-refractivity contribution is 6.01. The summed E-state index contributed by atoms with van der Waals surface area (Å²) in [6.07, 6.45) is 4.25. The van der Waals surface area contributed by atoms with E-state index in [9.17, 15) is 9.59 Å². The van der Waals surface area contributed by atoms with E-state index in [1.807, 2.05) is 31.6 Å². The van der Waals surface area contributed by atoms with Gasteiger partial charge >= 0.3 is 0 Å². The molecule has 1 N–H and O–H groups in total. The van der Waals surface area contributed by atoms with E-state index in [-0.39, 0.29) is 11.8 Å². The van der Waals surface area contributed by atoms with E-state index in [0.29, 0.717) is 13.0 Å². The second-order valence-electron chi connectivity index (χ2n) is 6.30. The van der Waals surface area contributed by atoms with Gasteiger partial charge in [-0.15, -0.1) is 0 Å². The Kier molecular flexibility index (Phi) is 3.82. The summed E-state index contributed by atoms with van der Waals surface area (Å²) in [7, 11) is 0. The highest BCUT2D eigenvalue weighted by Crippen LogP contribution is 2.30. The summed E-state index contributed by atoms with van der Waals surface area (Å²) < 4.78 is 1.82. The first kappa shape index (κ1) is 15.5. The van der Waals surface area contributed by atoms with E-state index in [4.69, 9.17) is 0 Å². The predicted octanol–water partition coefficient (Wildman–Crippen LogP) is 1.31. The summed E-state index contributed by atoms with van der Waals surface area (Å²) >= 11 is 0. The van der Waals surface area contributed by atoms with Crippen LogP contribution in [-0.4, -0.2) is 37.6 Å². The minimum absolute atomic E-state index is 0.0595. The lowest BCUT2D eigenvalue weighted by Crippen LogP contribution is -2.72. The van der Waals surface area contributed by atoms with Crippen LogP contribution in [0.15, 0.2) is 12.4 Å². The molecule has 116 valence electrons. The van der Waals surface area contributed by atoms with Crippen LogP contribution in [0.3, 0.4) is 0 Å². The Morgan fingerprint density at radius 1 is 1.24 bits per heavy atom. The lowest BCUT2D eigenvalue weighted by Gasteiger charge is -2.48. The largest absolute Gasteiger partial charge is 0.340 e. The first-order valence-electron chi connectivity index (χ1n) is 7.40. The molecule has 1 atom stereocenters. The van der Waals surface area contributed by atoms with Gasteiger partial charge in [-0.3, -0.25) is 14.3 Å². The van der Waals surface area contributed by atoms with Crippen LogP contribution in [-0.2, 0) is 22.7 Å². The smallest absolute Gasteiger partial charge is 0.248 e. The van der Waals surface area contributed by atoms with Crippen molar-refractivity contribution in [2.75, 3.05) is 0 Å². The zero-order chi connectivity index (χ0) is 15.8. The maximum absolute atomic E-state index is 12.7. The van der Waals surface area contributed by atoms with Crippen molar-refractivity contribution in [3.05, 3.63) is 18.0 Å². The number of nitrogens with zero attached hydrogens (tertiary/aromatic N) is 3. The predicted molar refractivity (Wildman–Crippen MR) is 79.4 cm³/mol. The molecule has 1 aromatic heterocycles. The first-order chi connectivity index (χ1) is 9.74. The fourth-order valence-corrected chi connectivity index (χ4v) is 2.60. The van der Waals surface area contributed by atoms with Crippen molar-refractivity contribution in [1.82, 2.24) is 20.0 Å². The zero-order valence-corrected chi connectivity index (χ0v) is 13.4. The van der Waals surface area contributed by atoms with Gasteiger partial charge in [0.2, 0.25) is 11.8 Å². The molecule has 0 radical (unpaired) electrons. The Morgan fingerprint density at radius 2 is 1.90 bits per heavy atom. The van der Waals surface area contributed by atoms with Crippen molar-refractivity contribution >= 4 is 11.8 Å². The molecule has 1 saturated heterocycles. The molecule has 1 aromatic rings. The molecule has 2 rings (SSSR count). The molecule has 1 unspecified atom stereocenters. The summed E-state index contributed by atoms with van der Waals surface area (Å²) in [5.41, 5.74) is -0.747. The molecule has 0 spiro atoms. The average Bonchev–Trinajstić information content (AvgIpc) is 2.89. The number of carbonyl (C=O) groups is 2. The topological polar surface area (TPSA) is 67.2 Å². The Balaban J connectivity index is 2.35. The number of piperazine rings is 1. The molecule has 0 aliphatic carbocycles. The maximum atomic E-state index is 12.7. The van der Waals surface area contributed by atoms with Crippen LogP contribution in [0, 0.1) is 0 Å². The second kappa shape index (κ2) is 5.16. The van der Waals surface area contributed by atoms with E-state index >= 15 is 0 Å². The third kappa shape index (κ3) is 2.54. The third-order valence-corrected chi connectivity index (χ3v) is 4.33. The van der Waals surface area contributed by atoms with E-state index in [0.717, 1.165) is 12.1 Å². The lowest BCUT2D eigenvalue weighted by molar-refractivity contribution is -0.161. The normalized spacial score (nSPS) is 25.1. The highest BCUT2D eigenvalue weighted by atomic mass is 16.2. The van der Waals surface area contributed by atoms with Gasteiger partial charge in [-0.2, -0.15) is 5.10 Å². The van der Waals surface area contributed by atoms with Gasteiger partial charge in [0.25, 0.3) is 0 Å². The highest BCUT2D eigenvalue weighted by Gasteiger charge is 2.51. The standard InChI is InChI=1S/C15H24N4O2/c1-6-15(5)12(20)17-14(3,4)13(21)19(15)10-11-8-16-18(7-2)9-11/h8-9H,6-7,10H2,1-5H3,(H,17,20). The molecule has 0 bridgehead atoms. The quantitative estimate of drug-likeness (QED) is 0.910. The van der Waals surface area contributed by atoms with Crippen LogP contribution >= 0.6 is 0 Å². The van der Waals surface area contributed by atoms with Gasteiger partial charge in [0.05, 0.1) is 6.20 Å². The van der Waals surface area contributed by atoms with Crippen LogP contribution in [0.2, 0.25) is 0 Å². The molecule has 2 heterocycles. The summed E-state index contributed by atoms with van der Waals surface area (Å²) in [4.78, 5) is 26.9. The number of nitrogens with one attached hydrogen (secondary N) is 1. The van der Waals surface area contributed by atoms with Crippen molar-refractivity contribution in [1.29, 1.82) is 0 Å². The van der Waals surface area contributed by atoms with E-state index in [1.165, 1.54) is 0 Å². The summed E-state index contributed by atoms with van der Waals surface area (Å²) in [6.45, 7) is 10.4. The van der Waals surface area contributed by atoms with Crippen LogP contribution < -0.4 is 5.32 Å². The van der Waals surface area contributed by atoms with Gasteiger partial charge in [-0.1, -0.05) is 6.92 Å². The van der Waals surface area contributed by atoms with Gasteiger partial charge in [-0.05, 0) is 34.1 Å². The van der Waals surface area contributed by atoms with Gasteiger partial charge < -0.3 is 10.2 Å². The van der Waals surface area contributed by atoms with E-state index in [2.05, 4.69) is 10.4 Å². The Morgan fingerprint density at radius 3 is 2.43 bits per heavy atom. The Hall–Kier alpha value is -1.85. The van der Waals surface area contributed by atoms with Crippen molar-refractivity contribution < 1.29 is 9.59 Å². The number of hydrogen-bond donors (Lipinski definition) is 1. The number of amides is 2. The van der Waals surface area contributed by atoms with Crippen molar-refractivity contribution in [3.63, 3.8) is 0 Å². The van der Waals surface area contributed by atoms with Crippen molar-refractivity contribution in [3.8, 4) is 0 Å². The molecule has 0 saturated carbocycles. The van der Waals surface area contributed by atoms with Crippen LogP contribution in [0.1, 0.15) is 46.6 Å². The summed E-state index contributed by atoms with van der Waals surface area (Å²) in [5.74, 6) is -0.159. The molecule has 2 amide bonds. The molecule has 1 aliphatic heterocycles. The molecule has 1 aliphatic rings. The van der Waals surface area contributed by atoms with Gasteiger partial charge in [0, 0.05) is 24.8 Å². The van der Waals surface area contributed by atoms with Crippen LogP contribution in [0.5, 0.6) is 0 Å². The molecular formula is C15H24N4O2. The molecule has 0 aromatic carbocycles. The second-order valence-corrected chi connectivity index (χ2v) is 6.30. The Labute approximate surface area is 125 Å². The first-order valence-corrected chi connectivity index (χ1v) is 7.40. The van der Waals surface area contributed by atoms with E-state index < -0.39 is 11.1 Å². The fraction of sp³-hybridized carbons (Fsp3) is 0.667. The molecular weight excluding hydrogens is 268 g/mol. The number of aryl methyl sites for hydroxylation is 1. The van der Waals surface area contributed by atoms with E-state index in [1.54, 1.807) is 24.9 Å². The number of hydrogen-bond acceptors (Lipinski definition) is 3. The molecule has 21 heavy (non-hydrogen) atoms. The summed E-state index contributed by atoms with van der Waals surface area (Å²) in [6, 6.07) is 0. The monoisotopic (exact) mass is 292 g/mol. The maximum Gasteiger partial charge on any atom is 0.248 e. The Bertz CT molecular complexity index is 564. The van der Waals surface area contributed by atoms with Gasteiger partial charge in [-0.25, -0.2) is 0 Å². The minimum Gasteiger partial charge on any atom is -0.340 e. The average molecular weight is 292 g/mol. The van der Waals surface area contributed by atoms with Gasteiger partial charge in [0.1, 0.15) is 11.1 Å². The zero-order valence-electron chi connectivity index (χ0n) is 13.4. The van der Waals surface area contributed by atoms with Crippen molar-refractivity contribution in [2.24, 2.45) is 0 Å².